The van der Waals surface area contributed by atoms with Crippen LogP contribution in [0.4, 0.5) is 0 Å². The quantitative estimate of drug-likeness (QED) is 0.903. The lowest BCUT2D eigenvalue weighted by atomic mass is 9.98. The lowest BCUT2D eigenvalue weighted by Gasteiger charge is -2.16. The zero-order valence-electron chi connectivity index (χ0n) is 12.1. The van der Waals surface area contributed by atoms with Crippen molar-refractivity contribution in [2.24, 2.45) is 5.73 Å². The van der Waals surface area contributed by atoms with Crippen molar-refractivity contribution in [2.45, 2.75) is 33.2 Å². The Labute approximate surface area is 119 Å². The summed E-state index contributed by atoms with van der Waals surface area (Å²) < 4.78 is 5.47. The molecule has 1 atom stereocenters. The third-order valence-corrected chi connectivity index (χ3v) is 3.10. The predicted molar refractivity (Wildman–Crippen MR) is 77.6 cm³/mol. The van der Waals surface area contributed by atoms with Gasteiger partial charge in [0.1, 0.15) is 5.75 Å². The van der Waals surface area contributed by atoms with Crippen LogP contribution in [0.15, 0.2) is 24.5 Å². The molecule has 0 aliphatic carbocycles. The fourth-order valence-electron chi connectivity index (χ4n) is 2.11. The van der Waals surface area contributed by atoms with Crippen LogP contribution in [0.2, 0.25) is 0 Å². The topological polar surface area (TPSA) is 73.9 Å². The van der Waals surface area contributed by atoms with Crippen LogP contribution < -0.4 is 10.5 Å². The van der Waals surface area contributed by atoms with Gasteiger partial charge in [-0.3, -0.25) is 4.98 Å². The normalized spacial score (nSPS) is 12.2. The molecule has 5 nitrogen and oxygen atoms in total. The lowest BCUT2D eigenvalue weighted by Crippen LogP contribution is -2.16. The van der Waals surface area contributed by atoms with Gasteiger partial charge < -0.3 is 10.5 Å². The summed E-state index contributed by atoms with van der Waals surface area (Å²) in [4.78, 5) is 4.19. The Balaban J connectivity index is 2.37. The van der Waals surface area contributed by atoms with Crippen molar-refractivity contribution in [3.63, 3.8) is 0 Å². The Kier molecular flexibility index (Phi) is 4.63. The van der Waals surface area contributed by atoms with Crippen LogP contribution in [0.25, 0.3) is 0 Å². The monoisotopic (exact) mass is 272 g/mol. The van der Waals surface area contributed by atoms with Crippen LogP contribution in [0.3, 0.4) is 0 Å². The van der Waals surface area contributed by atoms with Gasteiger partial charge in [0.05, 0.1) is 30.2 Å². The van der Waals surface area contributed by atoms with Crippen LogP contribution in [-0.2, 0) is 6.42 Å². The molecule has 0 saturated carbocycles. The maximum absolute atomic E-state index is 6.36. The highest BCUT2D eigenvalue weighted by Crippen LogP contribution is 2.24. The number of hydrogen-bond donors (Lipinski definition) is 1. The Morgan fingerprint density at radius 1 is 1.20 bits per heavy atom. The molecule has 0 radical (unpaired) electrons. The number of nitrogens with zero attached hydrogens (tertiary/aromatic N) is 3. The predicted octanol–water partition coefficient (Wildman–Crippen LogP) is 2.19. The second-order valence-corrected chi connectivity index (χ2v) is 4.61. The molecule has 0 fully saturated rings. The average Bonchev–Trinajstić information content (AvgIpc) is 2.47. The van der Waals surface area contributed by atoms with E-state index in [0.29, 0.717) is 6.61 Å². The highest BCUT2D eigenvalue weighted by molar-refractivity contribution is 5.36. The van der Waals surface area contributed by atoms with Gasteiger partial charge in [-0.2, -0.15) is 10.2 Å². The number of pyridine rings is 1. The van der Waals surface area contributed by atoms with Gasteiger partial charge in [-0.05, 0) is 43.5 Å². The molecule has 0 aliphatic rings. The summed E-state index contributed by atoms with van der Waals surface area (Å²) >= 11 is 0. The molecule has 2 rings (SSSR count). The van der Waals surface area contributed by atoms with Crippen molar-refractivity contribution in [1.82, 2.24) is 15.2 Å². The highest BCUT2D eigenvalue weighted by Gasteiger charge is 2.15. The second-order valence-electron chi connectivity index (χ2n) is 4.61. The van der Waals surface area contributed by atoms with Gasteiger partial charge in [0.2, 0.25) is 0 Å². The molecule has 0 bridgehead atoms. The number of hydrogen-bond acceptors (Lipinski definition) is 5. The smallest absolute Gasteiger partial charge is 0.137 e. The van der Waals surface area contributed by atoms with E-state index in [1.165, 1.54) is 0 Å². The first kappa shape index (κ1) is 14.4. The molecular weight excluding hydrogens is 252 g/mol. The lowest BCUT2D eigenvalue weighted by molar-refractivity contribution is 0.338. The van der Waals surface area contributed by atoms with Gasteiger partial charge in [0.15, 0.2) is 0 Å². The summed E-state index contributed by atoms with van der Waals surface area (Å²) in [7, 11) is 0. The minimum Gasteiger partial charge on any atom is -0.492 e. The van der Waals surface area contributed by atoms with E-state index in [1.807, 2.05) is 32.9 Å². The minimum atomic E-state index is -0.271. The second kappa shape index (κ2) is 6.43. The van der Waals surface area contributed by atoms with E-state index in [0.717, 1.165) is 34.7 Å². The summed E-state index contributed by atoms with van der Waals surface area (Å²) in [5.74, 6) is 0.734. The highest BCUT2D eigenvalue weighted by atomic mass is 16.5. The maximum Gasteiger partial charge on any atom is 0.137 e. The number of aryl methyl sites for hydroxylation is 2. The third kappa shape index (κ3) is 3.11. The maximum atomic E-state index is 6.36. The van der Waals surface area contributed by atoms with Crippen LogP contribution >= 0.6 is 0 Å². The summed E-state index contributed by atoms with van der Waals surface area (Å²) in [5.41, 5.74) is 10.1. The fraction of sp³-hybridized carbons (Fsp3) is 0.400. The third-order valence-electron chi connectivity index (χ3n) is 3.10. The van der Waals surface area contributed by atoms with Crippen molar-refractivity contribution >= 4 is 0 Å². The van der Waals surface area contributed by atoms with E-state index in [-0.39, 0.29) is 6.04 Å². The van der Waals surface area contributed by atoms with Gasteiger partial charge in [-0.25, -0.2) is 0 Å². The minimum absolute atomic E-state index is 0.271. The van der Waals surface area contributed by atoms with E-state index in [2.05, 4.69) is 15.2 Å². The number of ether oxygens (including phenoxy) is 1. The van der Waals surface area contributed by atoms with Crippen molar-refractivity contribution < 1.29 is 4.74 Å². The zero-order valence-corrected chi connectivity index (χ0v) is 12.1. The molecule has 0 spiro atoms. The Morgan fingerprint density at radius 2 is 2.00 bits per heavy atom. The largest absolute Gasteiger partial charge is 0.492 e. The molecule has 106 valence electrons. The van der Waals surface area contributed by atoms with Crippen LogP contribution in [-0.4, -0.2) is 21.8 Å². The van der Waals surface area contributed by atoms with Crippen LogP contribution in [0.1, 0.15) is 42.4 Å². The molecule has 2 N–H and O–H groups in total. The first-order valence-corrected chi connectivity index (χ1v) is 6.82. The van der Waals surface area contributed by atoms with Crippen LogP contribution in [0, 0.1) is 6.92 Å². The summed E-state index contributed by atoms with van der Waals surface area (Å²) in [6.07, 6.45) is 4.26. The van der Waals surface area contributed by atoms with Gasteiger partial charge >= 0.3 is 0 Å². The van der Waals surface area contributed by atoms with Crippen molar-refractivity contribution in [1.29, 1.82) is 0 Å². The van der Waals surface area contributed by atoms with E-state index < -0.39 is 0 Å². The molecule has 20 heavy (non-hydrogen) atoms. The molecule has 0 amide bonds. The van der Waals surface area contributed by atoms with Crippen molar-refractivity contribution in [3.05, 3.63) is 47.0 Å². The number of aromatic nitrogens is 3. The standard InChI is InChI=1S/C15H20N4O/c1-4-14-13(6-10(3)18-19-14)15(16)11-7-12(20-5-2)9-17-8-11/h6-9,15H,4-5,16H2,1-3H3. The molecule has 0 aliphatic heterocycles. The van der Waals surface area contributed by atoms with Crippen molar-refractivity contribution in [2.75, 3.05) is 6.61 Å². The van der Waals surface area contributed by atoms with E-state index >= 15 is 0 Å². The van der Waals surface area contributed by atoms with E-state index in [9.17, 15) is 0 Å². The Morgan fingerprint density at radius 3 is 2.70 bits per heavy atom. The molecule has 1 unspecified atom stereocenters. The zero-order chi connectivity index (χ0) is 14.5. The van der Waals surface area contributed by atoms with Gasteiger partial charge in [-0.1, -0.05) is 6.92 Å². The van der Waals surface area contributed by atoms with E-state index in [1.54, 1.807) is 12.4 Å². The Bertz CT molecular complexity index is 586. The molecular formula is C15H20N4O. The van der Waals surface area contributed by atoms with Gasteiger partial charge in [-0.15, -0.1) is 0 Å². The molecule has 2 heterocycles. The number of nitrogens with two attached hydrogens (primary N) is 1. The van der Waals surface area contributed by atoms with Crippen LogP contribution in [0.5, 0.6) is 5.75 Å². The molecule has 2 aromatic rings. The SMILES string of the molecule is CCOc1cncc(C(N)c2cc(C)nnc2CC)c1. The van der Waals surface area contributed by atoms with E-state index in [4.69, 9.17) is 10.5 Å². The molecule has 0 saturated heterocycles. The molecule has 2 aromatic heterocycles. The summed E-state index contributed by atoms with van der Waals surface area (Å²) in [5, 5.41) is 8.31. The van der Waals surface area contributed by atoms with Gasteiger partial charge in [0, 0.05) is 6.20 Å². The number of rotatable bonds is 5. The fourth-order valence-corrected chi connectivity index (χ4v) is 2.11. The average molecular weight is 272 g/mol. The summed E-state index contributed by atoms with van der Waals surface area (Å²) in [6.45, 7) is 6.51. The first-order chi connectivity index (χ1) is 9.65. The van der Waals surface area contributed by atoms with Crippen molar-refractivity contribution in [3.8, 4) is 5.75 Å². The molecule has 5 heteroatoms. The molecule has 0 aromatic carbocycles. The Hall–Kier alpha value is -2.01. The first-order valence-electron chi connectivity index (χ1n) is 6.82. The summed E-state index contributed by atoms with van der Waals surface area (Å²) in [6, 6.07) is 3.65. The van der Waals surface area contributed by atoms with Gasteiger partial charge in [0.25, 0.3) is 0 Å².